The van der Waals surface area contributed by atoms with Gasteiger partial charge in [0.2, 0.25) is 5.75 Å². The number of nitrogens with zero attached hydrogens (tertiary/aromatic N) is 1. The van der Waals surface area contributed by atoms with Gasteiger partial charge in [0.1, 0.15) is 5.75 Å². The van der Waals surface area contributed by atoms with Crippen molar-refractivity contribution in [2.24, 2.45) is 0 Å². The van der Waals surface area contributed by atoms with E-state index in [2.05, 4.69) is 0 Å². The molecule has 10 heteroatoms. The summed E-state index contributed by atoms with van der Waals surface area (Å²) in [5, 5.41) is 11.2. The first-order valence-electron chi connectivity index (χ1n) is 8.79. The van der Waals surface area contributed by atoms with Gasteiger partial charge in [-0.1, -0.05) is 12.1 Å². The molecule has 0 aromatic heterocycles. The molecule has 0 spiro atoms. The molecule has 0 saturated carbocycles. The van der Waals surface area contributed by atoms with E-state index in [9.17, 15) is 23.3 Å². The van der Waals surface area contributed by atoms with Crippen molar-refractivity contribution in [2.45, 2.75) is 45.1 Å². The number of halogens is 3. The van der Waals surface area contributed by atoms with Gasteiger partial charge in [-0.25, -0.2) is 0 Å². The fourth-order valence-electron chi connectivity index (χ4n) is 2.72. The van der Waals surface area contributed by atoms with Crippen LogP contribution in [0.15, 0.2) is 42.5 Å². The summed E-state index contributed by atoms with van der Waals surface area (Å²) in [6.07, 6.45) is -4.69. The summed E-state index contributed by atoms with van der Waals surface area (Å²) in [6.45, 7) is 7.70. The van der Waals surface area contributed by atoms with Crippen LogP contribution < -0.4 is 10.2 Å². The van der Waals surface area contributed by atoms with Gasteiger partial charge in [0.25, 0.3) is 0 Å². The molecule has 1 aliphatic rings. The van der Waals surface area contributed by atoms with Crippen molar-refractivity contribution in [3.63, 3.8) is 0 Å². The second kappa shape index (κ2) is 7.03. The summed E-state index contributed by atoms with van der Waals surface area (Å²) in [5.74, 6) is -0.0560. The van der Waals surface area contributed by atoms with Crippen molar-refractivity contribution >= 4 is 18.3 Å². The molecular weight excluding hydrogens is 390 g/mol. The predicted octanol–water partition coefficient (Wildman–Crippen LogP) is 4.71. The van der Waals surface area contributed by atoms with Crippen molar-refractivity contribution in [1.82, 2.24) is 0 Å². The maximum Gasteiger partial charge on any atom is 0.494 e. The summed E-state index contributed by atoms with van der Waals surface area (Å²) in [7, 11) is -0.588. The highest BCUT2D eigenvalue weighted by Crippen LogP contribution is 2.38. The Kier molecular flexibility index (Phi) is 5.12. The van der Waals surface area contributed by atoms with Crippen LogP contribution >= 0.6 is 0 Å². The van der Waals surface area contributed by atoms with Crippen molar-refractivity contribution in [1.29, 1.82) is 0 Å². The third-order valence-corrected chi connectivity index (χ3v) is 5.12. The average Bonchev–Trinajstić information content (AvgIpc) is 2.82. The number of rotatable bonds is 4. The molecule has 2 aromatic carbocycles. The molecule has 6 nitrogen and oxygen atoms in total. The Balaban J connectivity index is 1.81. The molecule has 1 saturated heterocycles. The Morgan fingerprint density at radius 1 is 1.00 bits per heavy atom. The standard InChI is InChI=1S/C19H19BF3NO5/c1-17(2)18(3,4)29-20(28-17)13-6-8-14(9-7-13)27-16-10-5-12(19(21,22)23)11-15(16)24(25)26/h5-11H,1-4H3. The Morgan fingerprint density at radius 2 is 1.55 bits per heavy atom. The molecule has 2 aromatic rings. The van der Waals surface area contributed by atoms with Gasteiger partial charge < -0.3 is 14.0 Å². The van der Waals surface area contributed by atoms with Crippen LogP contribution in [0.3, 0.4) is 0 Å². The molecule has 0 unspecified atom stereocenters. The van der Waals surface area contributed by atoms with Crippen LogP contribution in [0, 0.1) is 10.1 Å². The zero-order chi connectivity index (χ0) is 21.6. The quantitative estimate of drug-likeness (QED) is 0.416. The molecule has 0 amide bonds. The van der Waals surface area contributed by atoms with Crippen LogP contribution in [0.2, 0.25) is 0 Å². The van der Waals surface area contributed by atoms with E-state index >= 15 is 0 Å². The smallest absolute Gasteiger partial charge is 0.450 e. The lowest BCUT2D eigenvalue weighted by Crippen LogP contribution is -2.41. The summed E-state index contributed by atoms with van der Waals surface area (Å²) in [5.41, 5.74) is -2.18. The molecule has 1 heterocycles. The van der Waals surface area contributed by atoms with Gasteiger partial charge in [0.15, 0.2) is 0 Å². The van der Waals surface area contributed by atoms with Gasteiger partial charge in [0, 0.05) is 6.07 Å². The lowest BCUT2D eigenvalue weighted by molar-refractivity contribution is -0.385. The van der Waals surface area contributed by atoms with Gasteiger partial charge >= 0.3 is 19.0 Å². The molecule has 0 bridgehead atoms. The molecule has 154 valence electrons. The molecule has 29 heavy (non-hydrogen) atoms. The monoisotopic (exact) mass is 409 g/mol. The van der Waals surface area contributed by atoms with Gasteiger partial charge in [-0.3, -0.25) is 10.1 Å². The van der Waals surface area contributed by atoms with Gasteiger partial charge in [-0.05, 0) is 57.4 Å². The molecule has 1 fully saturated rings. The number of benzene rings is 2. The van der Waals surface area contributed by atoms with E-state index in [0.29, 0.717) is 6.07 Å². The molecule has 0 atom stereocenters. The molecule has 0 N–H and O–H groups in total. The summed E-state index contributed by atoms with van der Waals surface area (Å²) >= 11 is 0. The second-order valence-corrected chi connectivity index (χ2v) is 7.70. The van der Waals surface area contributed by atoms with Crippen LogP contribution in [-0.4, -0.2) is 23.2 Å². The third kappa shape index (κ3) is 4.23. The molecular formula is C19H19BF3NO5. The van der Waals surface area contributed by atoms with Crippen LogP contribution in [0.4, 0.5) is 18.9 Å². The third-order valence-electron chi connectivity index (χ3n) is 5.12. The lowest BCUT2D eigenvalue weighted by Gasteiger charge is -2.32. The first-order valence-corrected chi connectivity index (χ1v) is 8.79. The van der Waals surface area contributed by atoms with E-state index in [1.165, 1.54) is 0 Å². The zero-order valence-corrected chi connectivity index (χ0v) is 16.2. The molecule has 1 aliphatic heterocycles. The van der Waals surface area contributed by atoms with E-state index in [1.54, 1.807) is 24.3 Å². The van der Waals surface area contributed by atoms with Gasteiger partial charge in [0.05, 0.1) is 21.7 Å². The normalized spacial score (nSPS) is 18.0. The van der Waals surface area contributed by atoms with E-state index < -0.39 is 40.7 Å². The highest BCUT2D eigenvalue weighted by atomic mass is 19.4. The van der Waals surface area contributed by atoms with Crippen LogP contribution in [0.25, 0.3) is 0 Å². The first kappa shape index (κ1) is 21.1. The Hall–Kier alpha value is -2.59. The van der Waals surface area contributed by atoms with E-state index in [0.717, 1.165) is 17.6 Å². The van der Waals surface area contributed by atoms with E-state index in [4.69, 9.17) is 14.0 Å². The van der Waals surface area contributed by atoms with Crippen molar-refractivity contribution in [3.8, 4) is 11.5 Å². The molecule has 0 radical (unpaired) electrons. The topological polar surface area (TPSA) is 70.8 Å². The number of nitro benzene ring substituents is 1. The number of alkyl halides is 3. The molecule has 3 rings (SSSR count). The minimum atomic E-state index is -4.69. The first-order chi connectivity index (χ1) is 13.3. The number of nitro groups is 1. The fourth-order valence-corrected chi connectivity index (χ4v) is 2.72. The number of ether oxygens (including phenoxy) is 1. The largest absolute Gasteiger partial charge is 0.494 e. The van der Waals surface area contributed by atoms with Gasteiger partial charge in [-0.2, -0.15) is 13.2 Å². The summed E-state index contributed by atoms with van der Waals surface area (Å²) < 4.78 is 55.8. The Bertz CT molecular complexity index is 912. The lowest BCUT2D eigenvalue weighted by atomic mass is 9.79. The highest BCUT2D eigenvalue weighted by molar-refractivity contribution is 6.62. The Morgan fingerprint density at radius 3 is 2.03 bits per heavy atom. The molecule has 0 aliphatic carbocycles. The number of hydrogen-bond donors (Lipinski definition) is 0. The van der Waals surface area contributed by atoms with Crippen molar-refractivity contribution < 1.29 is 32.1 Å². The minimum absolute atomic E-state index is 0.230. The van der Waals surface area contributed by atoms with Crippen LogP contribution in [-0.2, 0) is 15.5 Å². The summed E-state index contributed by atoms with van der Waals surface area (Å²) in [6, 6.07) is 8.56. The average molecular weight is 409 g/mol. The fraction of sp³-hybridized carbons (Fsp3) is 0.368. The number of hydrogen-bond acceptors (Lipinski definition) is 5. The second-order valence-electron chi connectivity index (χ2n) is 7.70. The van der Waals surface area contributed by atoms with E-state index in [1.807, 2.05) is 27.7 Å². The van der Waals surface area contributed by atoms with Crippen LogP contribution in [0.5, 0.6) is 11.5 Å². The van der Waals surface area contributed by atoms with E-state index in [-0.39, 0.29) is 11.5 Å². The SMILES string of the molecule is CC1(C)OB(c2ccc(Oc3ccc(C(F)(F)F)cc3[N+](=O)[O-])cc2)OC1(C)C. The highest BCUT2D eigenvalue weighted by Gasteiger charge is 2.51. The minimum Gasteiger partial charge on any atom is -0.450 e. The van der Waals surface area contributed by atoms with Crippen LogP contribution in [0.1, 0.15) is 33.3 Å². The zero-order valence-electron chi connectivity index (χ0n) is 16.2. The van der Waals surface area contributed by atoms with Crippen molar-refractivity contribution in [3.05, 3.63) is 58.1 Å². The maximum atomic E-state index is 12.8. The predicted molar refractivity (Wildman–Crippen MR) is 100 cm³/mol. The van der Waals surface area contributed by atoms with Crippen molar-refractivity contribution in [2.75, 3.05) is 0 Å². The Labute approximate surface area is 165 Å². The van der Waals surface area contributed by atoms with Gasteiger partial charge in [-0.15, -0.1) is 0 Å². The maximum absolute atomic E-state index is 12.8. The summed E-state index contributed by atoms with van der Waals surface area (Å²) in [4.78, 5) is 10.3.